The zero-order chi connectivity index (χ0) is 8.10. The van der Waals surface area contributed by atoms with Crippen LogP contribution in [0, 0.1) is 0 Å². The van der Waals surface area contributed by atoms with Gasteiger partial charge in [0.15, 0.2) is 0 Å². The Morgan fingerprint density at radius 1 is 1.91 bits per heavy atom. The minimum absolute atomic E-state index is 0.00236. The molecule has 1 rings (SSSR count). The molecular formula is C6H8N2O3. The summed E-state index contributed by atoms with van der Waals surface area (Å²) in [5.41, 5.74) is 0. The summed E-state index contributed by atoms with van der Waals surface area (Å²) in [7, 11) is 1.44. The first kappa shape index (κ1) is 7.74. The second kappa shape index (κ2) is 3.72. The molecule has 5 nitrogen and oxygen atoms in total. The Hall–Kier alpha value is -1.36. The summed E-state index contributed by atoms with van der Waals surface area (Å²) in [4.78, 5) is 14.5. The molecule has 0 aliphatic rings. The second-order valence-corrected chi connectivity index (χ2v) is 1.82. The van der Waals surface area contributed by atoms with Gasteiger partial charge in [0.25, 0.3) is 5.91 Å². The second-order valence-electron chi connectivity index (χ2n) is 1.82. The van der Waals surface area contributed by atoms with Gasteiger partial charge in [0.2, 0.25) is 0 Å². The number of rotatable bonds is 3. The highest BCUT2D eigenvalue weighted by atomic mass is 16.5. The molecule has 1 amide bonds. The summed E-state index contributed by atoms with van der Waals surface area (Å²) < 4.78 is 9.32. The van der Waals surface area contributed by atoms with E-state index in [0.717, 1.165) is 0 Å². The summed E-state index contributed by atoms with van der Waals surface area (Å²) in [5.74, 6) is -0.282. The number of methoxy groups -OCH3 is 1. The van der Waals surface area contributed by atoms with E-state index in [1.807, 2.05) is 0 Å². The van der Waals surface area contributed by atoms with E-state index in [-0.39, 0.29) is 18.5 Å². The van der Waals surface area contributed by atoms with E-state index in [2.05, 4.69) is 15.0 Å². The fourth-order valence-corrected chi connectivity index (χ4v) is 0.572. The number of hydrogen-bond donors (Lipinski definition) is 1. The number of anilines is 1. The fraction of sp³-hybridized carbons (Fsp3) is 0.333. The van der Waals surface area contributed by atoms with E-state index in [4.69, 9.17) is 4.42 Å². The van der Waals surface area contributed by atoms with Gasteiger partial charge in [0.05, 0.1) is 6.20 Å². The Kier molecular flexibility index (Phi) is 2.62. The lowest BCUT2D eigenvalue weighted by atomic mass is 10.6. The van der Waals surface area contributed by atoms with Gasteiger partial charge in [-0.05, 0) is 0 Å². The minimum Gasteiger partial charge on any atom is -0.432 e. The maximum atomic E-state index is 10.8. The van der Waals surface area contributed by atoms with Crippen LogP contribution in [0.3, 0.4) is 0 Å². The quantitative estimate of drug-likeness (QED) is 0.681. The van der Waals surface area contributed by atoms with Gasteiger partial charge in [0, 0.05) is 7.11 Å². The Morgan fingerprint density at radius 2 is 2.73 bits per heavy atom. The SMILES string of the molecule is COCC(=O)Nc1ncco1. The molecule has 0 atom stereocenters. The number of aromatic nitrogens is 1. The maximum Gasteiger partial charge on any atom is 0.301 e. The van der Waals surface area contributed by atoms with Crippen molar-refractivity contribution < 1.29 is 13.9 Å². The zero-order valence-corrected chi connectivity index (χ0v) is 6.03. The molecule has 1 N–H and O–H groups in total. The van der Waals surface area contributed by atoms with E-state index >= 15 is 0 Å². The van der Waals surface area contributed by atoms with Crippen molar-refractivity contribution >= 4 is 11.9 Å². The van der Waals surface area contributed by atoms with Gasteiger partial charge < -0.3 is 9.15 Å². The van der Waals surface area contributed by atoms with Crippen molar-refractivity contribution in [2.45, 2.75) is 0 Å². The van der Waals surface area contributed by atoms with Crippen LogP contribution in [0.15, 0.2) is 16.9 Å². The number of amides is 1. The number of nitrogens with zero attached hydrogens (tertiary/aromatic N) is 1. The van der Waals surface area contributed by atoms with Crippen LogP contribution in [0.25, 0.3) is 0 Å². The fourth-order valence-electron chi connectivity index (χ4n) is 0.572. The van der Waals surface area contributed by atoms with Gasteiger partial charge in [0.1, 0.15) is 12.9 Å². The number of nitrogens with one attached hydrogen (secondary N) is 1. The third-order valence-corrected chi connectivity index (χ3v) is 0.954. The molecule has 0 aliphatic heterocycles. The molecule has 1 aromatic rings. The molecule has 0 spiro atoms. The summed E-state index contributed by atoms with van der Waals surface area (Å²) in [6.45, 7) is 0.00236. The zero-order valence-electron chi connectivity index (χ0n) is 6.03. The molecule has 0 aromatic carbocycles. The molecule has 0 aliphatic carbocycles. The number of hydrogen-bond acceptors (Lipinski definition) is 4. The van der Waals surface area contributed by atoms with E-state index < -0.39 is 0 Å². The van der Waals surface area contributed by atoms with E-state index in [1.165, 1.54) is 19.6 Å². The third kappa shape index (κ3) is 2.38. The van der Waals surface area contributed by atoms with Gasteiger partial charge >= 0.3 is 6.01 Å². The van der Waals surface area contributed by atoms with Gasteiger partial charge in [-0.1, -0.05) is 0 Å². The van der Waals surface area contributed by atoms with Crippen molar-refractivity contribution in [2.75, 3.05) is 19.0 Å². The van der Waals surface area contributed by atoms with Crippen molar-refractivity contribution in [3.05, 3.63) is 12.5 Å². The molecule has 5 heteroatoms. The molecule has 11 heavy (non-hydrogen) atoms. The van der Waals surface area contributed by atoms with Crippen LogP contribution in [-0.2, 0) is 9.53 Å². The minimum atomic E-state index is -0.282. The van der Waals surface area contributed by atoms with Gasteiger partial charge in [-0.3, -0.25) is 10.1 Å². The Labute approximate surface area is 63.4 Å². The highest BCUT2D eigenvalue weighted by Crippen LogP contribution is 1.99. The van der Waals surface area contributed by atoms with Gasteiger partial charge in [-0.15, -0.1) is 0 Å². The summed E-state index contributed by atoms with van der Waals surface area (Å²) in [6, 6.07) is 0.187. The average molecular weight is 156 g/mol. The molecular weight excluding hydrogens is 148 g/mol. The number of ether oxygens (including phenoxy) is 1. The van der Waals surface area contributed by atoms with Crippen LogP contribution >= 0.6 is 0 Å². The van der Waals surface area contributed by atoms with Crippen molar-refractivity contribution in [3.63, 3.8) is 0 Å². The average Bonchev–Trinajstić information content (AvgIpc) is 2.40. The van der Waals surface area contributed by atoms with Crippen molar-refractivity contribution in [3.8, 4) is 0 Å². The molecule has 1 aromatic heterocycles. The first-order chi connectivity index (χ1) is 5.33. The van der Waals surface area contributed by atoms with Gasteiger partial charge in [-0.2, -0.15) is 0 Å². The molecule has 0 bridgehead atoms. The van der Waals surface area contributed by atoms with Crippen molar-refractivity contribution in [1.29, 1.82) is 0 Å². The van der Waals surface area contributed by atoms with Gasteiger partial charge in [-0.25, -0.2) is 4.98 Å². The Balaban J connectivity index is 2.37. The monoisotopic (exact) mass is 156 g/mol. The van der Waals surface area contributed by atoms with Crippen LogP contribution in [0.2, 0.25) is 0 Å². The summed E-state index contributed by atoms with van der Waals surface area (Å²) >= 11 is 0. The smallest absolute Gasteiger partial charge is 0.301 e. The predicted octanol–water partition coefficient (Wildman–Crippen LogP) is 0.259. The summed E-state index contributed by atoms with van der Waals surface area (Å²) in [6.07, 6.45) is 2.82. The highest BCUT2D eigenvalue weighted by molar-refractivity contribution is 5.89. The lowest BCUT2D eigenvalue weighted by Crippen LogP contribution is -2.17. The molecule has 0 unspecified atom stereocenters. The highest BCUT2D eigenvalue weighted by Gasteiger charge is 2.02. The lowest BCUT2D eigenvalue weighted by Gasteiger charge is -1.97. The van der Waals surface area contributed by atoms with Crippen LogP contribution in [0.1, 0.15) is 0 Å². The Bertz CT molecular complexity index is 220. The van der Waals surface area contributed by atoms with E-state index in [1.54, 1.807) is 0 Å². The first-order valence-corrected chi connectivity index (χ1v) is 3.01. The predicted molar refractivity (Wildman–Crippen MR) is 37.0 cm³/mol. The standard InChI is InChI=1S/C6H8N2O3/c1-10-4-5(9)8-6-7-2-3-11-6/h2-3H,4H2,1H3,(H,7,8,9). The molecule has 1 heterocycles. The molecule has 0 radical (unpaired) electrons. The van der Waals surface area contributed by atoms with Crippen LogP contribution in [0.5, 0.6) is 0 Å². The number of carbonyl (C=O) groups excluding carboxylic acids is 1. The number of oxazole rings is 1. The maximum absolute atomic E-state index is 10.8. The van der Waals surface area contributed by atoms with Crippen molar-refractivity contribution in [2.24, 2.45) is 0 Å². The lowest BCUT2D eigenvalue weighted by molar-refractivity contribution is -0.119. The first-order valence-electron chi connectivity index (χ1n) is 3.01. The summed E-state index contributed by atoms with van der Waals surface area (Å²) in [5, 5.41) is 2.38. The largest absolute Gasteiger partial charge is 0.432 e. The van der Waals surface area contributed by atoms with Crippen LogP contribution < -0.4 is 5.32 Å². The third-order valence-electron chi connectivity index (χ3n) is 0.954. The van der Waals surface area contributed by atoms with Crippen LogP contribution in [0.4, 0.5) is 6.01 Å². The normalized spacial score (nSPS) is 9.55. The van der Waals surface area contributed by atoms with Crippen molar-refractivity contribution in [1.82, 2.24) is 4.98 Å². The van der Waals surface area contributed by atoms with E-state index in [9.17, 15) is 4.79 Å². The molecule has 0 saturated heterocycles. The molecule has 0 fully saturated rings. The number of carbonyl (C=O) groups is 1. The molecule has 0 saturated carbocycles. The van der Waals surface area contributed by atoms with E-state index in [0.29, 0.717) is 0 Å². The van der Waals surface area contributed by atoms with Crippen LogP contribution in [-0.4, -0.2) is 24.6 Å². The topological polar surface area (TPSA) is 64.4 Å². The Morgan fingerprint density at radius 3 is 3.27 bits per heavy atom. The molecule has 60 valence electrons.